The second-order valence-corrected chi connectivity index (χ2v) is 7.25. The predicted octanol–water partition coefficient (Wildman–Crippen LogP) is 3.56. The first-order valence-electron chi connectivity index (χ1n) is 8.25. The zero-order valence-corrected chi connectivity index (χ0v) is 14.1. The van der Waals surface area contributed by atoms with Gasteiger partial charge in [0.05, 0.1) is 6.07 Å². The van der Waals surface area contributed by atoms with Crippen molar-refractivity contribution >= 4 is 0 Å². The molecule has 3 unspecified atom stereocenters. The summed E-state index contributed by atoms with van der Waals surface area (Å²) < 4.78 is 0. The maximum absolute atomic E-state index is 9.36. The Hall–Kier alpha value is -0.590. The first-order chi connectivity index (χ1) is 9.36. The summed E-state index contributed by atoms with van der Waals surface area (Å²) in [6.45, 7) is 9.71. The van der Waals surface area contributed by atoms with E-state index in [1.54, 1.807) is 0 Å². The summed E-state index contributed by atoms with van der Waals surface area (Å²) in [5, 5.41) is 12.7. The molecular formula is C17H33N3. The lowest BCUT2D eigenvalue weighted by Gasteiger charge is -2.35. The summed E-state index contributed by atoms with van der Waals surface area (Å²) in [6.07, 6.45) is 7.48. The summed E-state index contributed by atoms with van der Waals surface area (Å²) in [7, 11) is 2.25. The fourth-order valence-corrected chi connectivity index (χ4v) is 3.46. The molecule has 3 atom stereocenters. The molecule has 1 N–H and O–H groups in total. The maximum Gasteiger partial charge on any atom is 0.104 e. The molecule has 1 fully saturated rings. The van der Waals surface area contributed by atoms with Crippen molar-refractivity contribution in [1.82, 2.24) is 10.2 Å². The first-order valence-corrected chi connectivity index (χ1v) is 8.25. The van der Waals surface area contributed by atoms with Crippen LogP contribution in [0.5, 0.6) is 0 Å². The van der Waals surface area contributed by atoms with Crippen LogP contribution in [0.25, 0.3) is 0 Å². The van der Waals surface area contributed by atoms with Gasteiger partial charge in [-0.1, -0.05) is 19.8 Å². The number of rotatable bonds is 7. The van der Waals surface area contributed by atoms with Gasteiger partial charge in [-0.2, -0.15) is 5.26 Å². The molecule has 3 nitrogen and oxygen atoms in total. The highest BCUT2D eigenvalue weighted by molar-refractivity contribution is 5.04. The zero-order chi connectivity index (χ0) is 15.2. The van der Waals surface area contributed by atoms with Crippen LogP contribution in [0.1, 0.15) is 66.2 Å². The molecule has 116 valence electrons. The van der Waals surface area contributed by atoms with Crippen molar-refractivity contribution in [3.05, 3.63) is 0 Å². The summed E-state index contributed by atoms with van der Waals surface area (Å²) in [6, 6.07) is 3.55. The SMILES string of the molecule is CC1CCCC(N(C)CCCC(C)(C#N)NC(C)C)C1. The minimum absolute atomic E-state index is 0.358. The Labute approximate surface area is 125 Å². The van der Waals surface area contributed by atoms with Crippen molar-refractivity contribution in [3.63, 3.8) is 0 Å². The lowest BCUT2D eigenvalue weighted by atomic mass is 9.86. The smallest absolute Gasteiger partial charge is 0.104 e. The van der Waals surface area contributed by atoms with Crippen LogP contribution in [0.2, 0.25) is 0 Å². The molecule has 0 spiro atoms. The molecule has 1 aliphatic carbocycles. The van der Waals surface area contributed by atoms with Crippen LogP contribution in [-0.4, -0.2) is 36.1 Å². The van der Waals surface area contributed by atoms with E-state index in [4.69, 9.17) is 0 Å². The zero-order valence-electron chi connectivity index (χ0n) is 14.1. The molecule has 0 aliphatic heterocycles. The topological polar surface area (TPSA) is 39.1 Å². The highest BCUT2D eigenvalue weighted by Gasteiger charge is 2.25. The average molecular weight is 279 g/mol. The minimum Gasteiger partial charge on any atom is -0.303 e. The number of nitriles is 1. The predicted molar refractivity (Wildman–Crippen MR) is 85.6 cm³/mol. The number of nitrogens with one attached hydrogen (secondary N) is 1. The molecule has 0 aromatic rings. The molecule has 0 radical (unpaired) electrons. The van der Waals surface area contributed by atoms with E-state index >= 15 is 0 Å². The summed E-state index contributed by atoms with van der Waals surface area (Å²) >= 11 is 0. The summed E-state index contributed by atoms with van der Waals surface area (Å²) in [5.74, 6) is 0.878. The van der Waals surface area contributed by atoms with Crippen LogP contribution in [0.15, 0.2) is 0 Å². The summed E-state index contributed by atoms with van der Waals surface area (Å²) in [4.78, 5) is 2.52. The van der Waals surface area contributed by atoms with Gasteiger partial charge in [-0.25, -0.2) is 0 Å². The Morgan fingerprint density at radius 2 is 2.10 bits per heavy atom. The van der Waals surface area contributed by atoms with Crippen LogP contribution < -0.4 is 5.32 Å². The Balaban J connectivity index is 2.33. The molecule has 0 heterocycles. The van der Waals surface area contributed by atoms with Crippen LogP contribution in [0, 0.1) is 17.2 Å². The molecule has 0 aromatic heterocycles. The van der Waals surface area contributed by atoms with Gasteiger partial charge in [0.2, 0.25) is 0 Å². The van der Waals surface area contributed by atoms with Gasteiger partial charge in [-0.05, 0) is 66.0 Å². The molecule has 1 aliphatic rings. The molecule has 0 saturated heterocycles. The van der Waals surface area contributed by atoms with E-state index in [0.29, 0.717) is 6.04 Å². The molecule has 0 amide bonds. The van der Waals surface area contributed by atoms with E-state index < -0.39 is 0 Å². The Morgan fingerprint density at radius 3 is 2.65 bits per heavy atom. The van der Waals surface area contributed by atoms with Gasteiger partial charge >= 0.3 is 0 Å². The van der Waals surface area contributed by atoms with Gasteiger partial charge in [0.15, 0.2) is 0 Å². The van der Waals surface area contributed by atoms with Crippen molar-refractivity contribution in [1.29, 1.82) is 5.26 Å². The van der Waals surface area contributed by atoms with Crippen LogP contribution in [0.4, 0.5) is 0 Å². The molecular weight excluding hydrogens is 246 g/mol. The third-order valence-electron chi connectivity index (χ3n) is 4.57. The van der Waals surface area contributed by atoms with Crippen LogP contribution in [0.3, 0.4) is 0 Å². The van der Waals surface area contributed by atoms with Gasteiger partial charge < -0.3 is 4.90 Å². The third kappa shape index (κ3) is 5.81. The van der Waals surface area contributed by atoms with Gasteiger partial charge in [-0.3, -0.25) is 5.32 Å². The largest absolute Gasteiger partial charge is 0.303 e. The van der Waals surface area contributed by atoms with E-state index in [1.165, 1.54) is 25.7 Å². The monoisotopic (exact) mass is 279 g/mol. The third-order valence-corrected chi connectivity index (χ3v) is 4.57. The van der Waals surface area contributed by atoms with Gasteiger partial charge in [-0.15, -0.1) is 0 Å². The highest BCUT2D eigenvalue weighted by atomic mass is 15.1. The normalized spacial score (nSPS) is 26.5. The van der Waals surface area contributed by atoms with Crippen LogP contribution >= 0.6 is 0 Å². The lowest BCUT2D eigenvalue weighted by Crippen LogP contribution is -2.45. The van der Waals surface area contributed by atoms with E-state index in [2.05, 4.69) is 44.1 Å². The molecule has 0 bridgehead atoms. The standard InChI is InChI=1S/C17H33N3/c1-14(2)19-17(4,13-18)10-7-11-20(5)16-9-6-8-15(3)12-16/h14-16,19H,6-12H2,1-5H3. The van der Waals surface area contributed by atoms with Gasteiger partial charge in [0.1, 0.15) is 5.54 Å². The van der Waals surface area contributed by atoms with E-state index in [0.717, 1.165) is 31.3 Å². The molecule has 1 rings (SSSR count). The van der Waals surface area contributed by atoms with Crippen molar-refractivity contribution in [2.75, 3.05) is 13.6 Å². The number of nitrogens with zero attached hydrogens (tertiary/aromatic N) is 2. The fourth-order valence-electron chi connectivity index (χ4n) is 3.46. The Bertz CT molecular complexity index is 321. The Kier molecular flexibility index (Phi) is 6.99. The summed E-state index contributed by atoms with van der Waals surface area (Å²) in [5.41, 5.74) is -0.380. The van der Waals surface area contributed by atoms with Crippen LogP contribution in [-0.2, 0) is 0 Å². The second-order valence-electron chi connectivity index (χ2n) is 7.25. The molecule has 1 saturated carbocycles. The van der Waals surface area contributed by atoms with Crippen molar-refractivity contribution in [2.24, 2.45) is 5.92 Å². The minimum atomic E-state index is -0.380. The van der Waals surface area contributed by atoms with Gasteiger partial charge in [0.25, 0.3) is 0 Å². The Morgan fingerprint density at radius 1 is 1.40 bits per heavy atom. The lowest BCUT2D eigenvalue weighted by molar-refractivity contribution is 0.158. The van der Waals surface area contributed by atoms with Crippen molar-refractivity contribution in [3.8, 4) is 6.07 Å². The highest BCUT2D eigenvalue weighted by Crippen LogP contribution is 2.27. The molecule has 0 aromatic carbocycles. The number of hydrogen-bond donors (Lipinski definition) is 1. The first kappa shape index (κ1) is 17.5. The van der Waals surface area contributed by atoms with E-state index in [1.807, 2.05) is 6.92 Å². The average Bonchev–Trinajstić information content (AvgIpc) is 2.37. The fraction of sp³-hybridized carbons (Fsp3) is 0.941. The molecule has 20 heavy (non-hydrogen) atoms. The number of hydrogen-bond acceptors (Lipinski definition) is 3. The molecule has 3 heteroatoms. The van der Waals surface area contributed by atoms with E-state index in [-0.39, 0.29) is 5.54 Å². The van der Waals surface area contributed by atoms with Crippen molar-refractivity contribution in [2.45, 2.75) is 83.8 Å². The maximum atomic E-state index is 9.36. The quantitative estimate of drug-likeness (QED) is 0.774. The second kappa shape index (κ2) is 8.00. The van der Waals surface area contributed by atoms with Crippen molar-refractivity contribution < 1.29 is 0 Å². The van der Waals surface area contributed by atoms with Gasteiger partial charge in [0, 0.05) is 12.1 Å². The van der Waals surface area contributed by atoms with E-state index in [9.17, 15) is 5.26 Å².